The lowest BCUT2D eigenvalue weighted by molar-refractivity contribution is -0.122. The van der Waals surface area contributed by atoms with Crippen LogP contribution in [0.5, 0.6) is 0 Å². The summed E-state index contributed by atoms with van der Waals surface area (Å²) < 4.78 is 0. The summed E-state index contributed by atoms with van der Waals surface area (Å²) in [6, 6.07) is 1.92. The van der Waals surface area contributed by atoms with E-state index >= 15 is 0 Å². The summed E-state index contributed by atoms with van der Waals surface area (Å²) in [5.41, 5.74) is 0. The highest BCUT2D eigenvalue weighted by Crippen LogP contribution is 2.04. The van der Waals surface area contributed by atoms with E-state index in [1.807, 2.05) is 6.07 Å². The van der Waals surface area contributed by atoms with Crippen LogP contribution in [0, 0.1) is 17.2 Å². The third kappa shape index (κ3) is 7.99. The van der Waals surface area contributed by atoms with Gasteiger partial charge < -0.3 is 5.32 Å². The number of hydrogen-bond acceptors (Lipinski definition) is 2. The van der Waals surface area contributed by atoms with Gasteiger partial charge in [-0.25, -0.2) is 0 Å². The van der Waals surface area contributed by atoms with Crippen molar-refractivity contribution in [1.29, 1.82) is 5.26 Å². The van der Waals surface area contributed by atoms with Crippen molar-refractivity contribution < 1.29 is 4.79 Å². The van der Waals surface area contributed by atoms with Crippen molar-refractivity contribution in [3.63, 3.8) is 0 Å². The quantitative estimate of drug-likeness (QED) is 0.626. The van der Waals surface area contributed by atoms with E-state index < -0.39 is 5.92 Å². The van der Waals surface area contributed by atoms with Crippen LogP contribution in [0.15, 0.2) is 0 Å². The first-order valence-corrected chi connectivity index (χ1v) is 5.89. The van der Waals surface area contributed by atoms with Gasteiger partial charge in [0.25, 0.3) is 0 Å². The lowest BCUT2D eigenvalue weighted by Crippen LogP contribution is -2.29. The van der Waals surface area contributed by atoms with E-state index in [2.05, 4.69) is 12.2 Å². The second-order valence-electron chi connectivity index (χ2n) is 3.91. The molecule has 0 bridgehead atoms. The van der Waals surface area contributed by atoms with Gasteiger partial charge in [-0.2, -0.15) is 5.26 Å². The Kier molecular flexibility index (Phi) is 8.85. The monoisotopic (exact) mass is 210 g/mol. The first-order chi connectivity index (χ1) is 7.22. The Hall–Kier alpha value is -1.04. The van der Waals surface area contributed by atoms with Crippen LogP contribution in [-0.4, -0.2) is 12.5 Å². The Labute approximate surface area is 92.9 Å². The molecule has 0 spiro atoms. The third-order valence-electron chi connectivity index (χ3n) is 2.42. The maximum absolute atomic E-state index is 11.2. The van der Waals surface area contributed by atoms with E-state index in [-0.39, 0.29) is 5.91 Å². The lowest BCUT2D eigenvalue weighted by Gasteiger charge is -2.05. The lowest BCUT2D eigenvalue weighted by atomic mass is 10.1. The molecule has 0 aliphatic carbocycles. The number of carbonyl (C=O) groups excluding carboxylic acids is 1. The highest BCUT2D eigenvalue weighted by atomic mass is 16.1. The van der Waals surface area contributed by atoms with Gasteiger partial charge in [0.05, 0.1) is 6.07 Å². The zero-order valence-corrected chi connectivity index (χ0v) is 9.88. The molecular weight excluding hydrogens is 188 g/mol. The van der Waals surface area contributed by atoms with Crippen LogP contribution >= 0.6 is 0 Å². The molecular formula is C12H22N2O. The Morgan fingerprint density at radius 3 is 2.47 bits per heavy atom. The predicted octanol–water partition coefficient (Wildman–Crippen LogP) is 2.62. The number of hydrogen-bond donors (Lipinski definition) is 1. The molecule has 1 unspecified atom stereocenters. The van der Waals surface area contributed by atoms with Crippen molar-refractivity contribution in [3.05, 3.63) is 0 Å². The second kappa shape index (κ2) is 9.51. The van der Waals surface area contributed by atoms with E-state index in [1.54, 1.807) is 6.92 Å². The minimum absolute atomic E-state index is 0.147. The number of nitriles is 1. The fraction of sp³-hybridized carbons (Fsp3) is 0.833. The van der Waals surface area contributed by atoms with Gasteiger partial charge in [0.1, 0.15) is 5.92 Å². The number of amides is 1. The average Bonchev–Trinajstić information content (AvgIpc) is 2.26. The maximum atomic E-state index is 11.2. The zero-order chi connectivity index (χ0) is 11.5. The summed E-state index contributed by atoms with van der Waals surface area (Å²) in [5, 5.41) is 11.3. The number of nitrogens with zero attached hydrogens (tertiary/aromatic N) is 1. The molecule has 0 aliphatic rings. The molecule has 1 amide bonds. The van der Waals surface area contributed by atoms with Crippen molar-refractivity contribution in [2.45, 2.75) is 52.4 Å². The molecule has 0 saturated heterocycles. The summed E-state index contributed by atoms with van der Waals surface area (Å²) in [4.78, 5) is 11.2. The maximum Gasteiger partial charge on any atom is 0.237 e. The van der Waals surface area contributed by atoms with Crippen LogP contribution in [0.2, 0.25) is 0 Å². The van der Waals surface area contributed by atoms with Gasteiger partial charge in [-0.15, -0.1) is 0 Å². The average molecular weight is 210 g/mol. The van der Waals surface area contributed by atoms with Crippen molar-refractivity contribution in [1.82, 2.24) is 5.32 Å². The number of rotatable bonds is 8. The van der Waals surface area contributed by atoms with Gasteiger partial charge in [0.2, 0.25) is 5.91 Å². The SMILES string of the molecule is CCCCCCCCNC(=O)C(C)C#N. The predicted molar refractivity (Wildman–Crippen MR) is 61.2 cm³/mol. The van der Waals surface area contributed by atoms with Crippen LogP contribution in [-0.2, 0) is 4.79 Å². The second-order valence-corrected chi connectivity index (χ2v) is 3.91. The number of carbonyl (C=O) groups is 1. The van der Waals surface area contributed by atoms with Crippen LogP contribution in [0.25, 0.3) is 0 Å². The Morgan fingerprint density at radius 2 is 1.87 bits per heavy atom. The molecule has 0 aromatic carbocycles. The molecule has 0 aromatic heterocycles. The molecule has 0 saturated carbocycles. The van der Waals surface area contributed by atoms with Gasteiger partial charge in [-0.3, -0.25) is 4.79 Å². The van der Waals surface area contributed by atoms with E-state index in [9.17, 15) is 4.79 Å². The fourth-order valence-electron chi connectivity index (χ4n) is 1.33. The molecule has 15 heavy (non-hydrogen) atoms. The van der Waals surface area contributed by atoms with Crippen molar-refractivity contribution in [3.8, 4) is 6.07 Å². The molecule has 0 aliphatic heterocycles. The summed E-state index contributed by atoms with van der Waals surface area (Å²) in [5.74, 6) is -0.670. The first kappa shape index (κ1) is 14.0. The fourth-order valence-corrected chi connectivity index (χ4v) is 1.33. The van der Waals surface area contributed by atoms with Crippen LogP contribution in [0.3, 0.4) is 0 Å². The molecule has 86 valence electrons. The molecule has 0 aromatic rings. The van der Waals surface area contributed by atoms with E-state index in [1.165, 1.54) is 32.1 Å². The molecule has 0 heterocycles. The van der Waals surface area contributed by atoms with Gasteiger partial charge in [-0.1, -0.05) is 39.0 Å². The highest BCUT2D eigenvalue weighted by molar-refractivity contribution is 5.80. The summed E-state index contributed by atoms with van der Waals surface area (Å²) in [6.07, 6.45) is 7.29. The standard InChI is InChI=1S/C12H22N2O/c1-3-4-5-6-7-8-9-14-12(15)11(2)10-13/h11H,3-9H2,1-2H3,(H,14,15). The topological polar surface area (TPSA) is 52.9 Å². The molecule has 0 rings (SSSR count). The van der Waals surface area contributed by atoms with Crippen molar-refractivity contribution >= 4 is 5.91 Å². The van der Waals surface area contributed by atoms with Gasteiger partial charge >= 0.3 is 0 Å². The smallest absolute Gasteiger partial charge is 0.237 e. The number of unbranched alkanes of at least 4 members (excludes halogenated alkanes) is 5. The van der Waals surface area contributed by atoms with Crippen LogP contribution < -0.4 is 5.32 Å². The Balaban J connectivity index is 3.25. The van der Waals surface area contributed by atoms with Gasteiger partial charge in [-0.05, 0) is 13.3 Å². The van der Waals surface area contributed by atoms with Crippen molar-refractivity contribution in [2.24, 2.45) is 5.92 Å². The van der Waals surface area contributed by atoms with Crippen LogP contribution in [0.4, 0.5) is 0 Å². The largest absolute Gasteiger partial charge is 0.355 e. The third-order valence-corrected chi connectivity index (χ3v) is 2.42. The summed E-state index contributed by atoms with van der Waals surface area (Å²) in [6.45, 7) is 4.52. The van der Waals surface area contributed by atoms with E-state index in [4.69, 9.17) is 5.26 Å². The van der Waals surface area contributed by atoms with Gasteiger partial charge in [0.15, 0.2) is 0 Å². The molecule has 1 atom stereocenters. The molecule has 3 nitrogen and oxygen atoms in total. The molecule has 0 fully saturated rings. The van der Waals surface area contributed by atoms with Crippen molar-refractivity contribution in [2.75, 3.05) is 6.54 Å². The van der Waals surface area contributed by atoms with Crippen LogP contribution in [0.1, 0.15) is 52.4 Å². The normalized spacial score (nSPS) is 11.8. The minimum atomic E-state index is -0.523. The molecule has 1 N–H and O–H groups in total. The summed E-state index contributed by atoms with van der Waals surface area (Å²) in [7, 11) is 0. The zero-order valence-electron chi connectivity index (χ0n) is 9.88. The minimum Gasteiger partial charge on any atom is -0.355 e. The first-order valence-electron chi connectivity index (χ1n) is 5.89. The van der Waals surface area contributed by atoms with E-state index in [0.717, 1.165) is 6.42 Å². The highest BCUT2D eigenvalue weighted by Gasteiger charge is 2.09. The summed E-state index contributed by atoms with van der Waals surface area (Å²) >= 11 is 0. The Morgan fingerprint density at radius 1 is 1.27 bits per heavy atom. The molecule has 0 radical (unpaired) electrons. The Bertz CT molecular complexity index is 208. The number of nitrogens with one attached hydrogen (secondary N) is 1. The van der Waals surface area contributed by atoms with Gasteiger partial charge in [0, 0.05) is 6.54 Å². The van der Waals surface area contributed by atoms with E-state index in [0.29, 0.717) is 6.54 Å². The molecule has 3 heteroatoms.